The van der Waals surface area contributed by atoms with Crippen LogP contribution in [0.2, 0.25) is 0 Å². The maximum Gasteiger partial charge on any atom is 0.408 e. The highest BCUT2D eigenvalue weighted by molar-refractivity contribution is 9.10. The highest BCUT2D eigenvalue weighted by Crippen LogP contribution is 2.40. The van der Waals surface area contributed by atoms with Crippen LogP contribution in [0.4, 0.5) is 13.2 Å². The second-order valence-electron chi connectivity index (χ2n) is 3.10. The van der Waals surface area contributed by atoms with Gasteiger partial charge in [-0.1, -0.05) is 6.92 Å². The van der Waals surface area contributed by atoms with Gasteiger partial charge in [-0.25, -0.2) is 0 Å². The Morgan fingerprint density at radius 3 is 2.47 bits per heavy atom. The van der Waals surface area contributed by atoms with Gasteiger partial charge in [0.1, 0.15) is 6.04 Å². The molecule has 0 saturated carbocycles. The summed E-state index contributed by atoms with van der Waals surface area (Å²) in [6.07, 6.45) is -4.25. The van der Waals surface area contributed by atoms with Crippen LogP contribution >= 0.6 is 27.3 Å². The van der Waals surface area contributed by atoms with E-state index in [1.54, 1.807) is 19.9 Å². The highest BCUT2D eigenvalue weighted by Gasteiger charge is 2.42. The Labute approximate surface area is 98.8 Å². The summed E-state index contributed by atoms with van der Waals surface area (Å²) in [5.41, 5.74) is 0. The number of halogens is 4. The van der Waals surface area contributed by atoms with E-state index >= 15 is 0 Å². The molecular formula is C9H11BrF3NS. The predicted octanol–water partition coefficient (Wildman–Crippen LogP) is 4.03. The minimum Gasteiger partial charge on any atom is -0.302 e. The third kappa shape index (κ3) is 3.19. The standard InChI is InChI=1S/C9H11BrF3NS/c1-3-14-8(9(11,12)13)7-6(10)4-5(2)15-7/h4,8,14H,3H2,1-2H3. The molecule has 1 N–H and O–H groups in total. The lowest BCUT2D eigenvalue weighted by Gasteiger charge is -2.20. The van der Waals surface area contributed by atoms with E-state index < -0.39 is 12.2 Å². The molecule has 1 rings (SSSR count). The van der Waals surface area contributed by atoms with Crippen molar-refractivity contribution in [3.63, 3.8) is 0 Å². The average Bonchev–Trinajstić information content (AvgIpc) is 2.39. The SMILES string of the molecule is CCNC(c1sc(C)cc1Br)C(F)(F)F. The van der Waals surface area contributed by atoms with Crippen molar-refractivity contribution in [2.45, 2.75) is 26.1 Å². The van der Waals surface area contributed by atoms with Gasteiger partial charge >= 0.3 is 6.18 Å². The summed E-state index contributed by atoms with van der Waals surface area (Å²) in [7, 11) is 0. The fourth-order valence-corrected chi connectivity index (χ4v) is 3.24. The van der Waals surface area contributed by atoms with Crippen molar-refractivity contribution in [2.75, 3.05) is 6.54 Å². The predicted molar refractivity (Wildman–Crippen MR) is 59.2 cm³/mol. The van der Waals surface area contributed by atoms with Crippen LogP contribution in [-0.2, 0) is 0 Å². The number of hydrogen-bond donors (Lipinski definition) is 1. The third-order valence-corrected chi connectivity index (χ3v) is 3.87. The molecule has 1 aromatic rings. The Hall–Kier alpha value is -0.0700. The van der Waals surface area contributed by atoms with Crippen molar-refractivity contribution in [1.82, 2.24) is 5.32 Å². The first-order chi connectivity index (χ1) is 6.86. The molecule has 1 heterocycles. The van der Waals surface area contributed by atoms with E-state index in [-0.39, 0.29) is 6.54 Å². The molecule has 0 radical (unpaired) electrons. The molecule has 1 nitrogen and oxygen atoms in total. The Morgan fingerprint density at radius 2 is 2.13 bits per heavy atom. The van der Waals surface area contributed by atoms with Crippen LogP contribution in [0.15, 0.2) is 10.5 Å². The summed E-state index contributed by atoms with van der Waals surface area (Å²) in [5.74, 6) is 0. The van der Waals surface area contributed by atoms with Crippen molar-refractivity contribution < 1.29 is 13.2 Å². The topological polar surface area (TPSA) is 12.0 Å². The second kappa shape index (κ2) is 4.84. The van der Waals surface area contributed by atoms with Gasteiger partial charge in [-0.3, -0.25) is 0 Å². The monoisotopic (exact) mass is 301 g/mol. The van der Waals surface area contributed by atoms with Crippen LogP contribution in [0.3, 0.4) is 0 Å². The van der Waals surface area contributed by atoms with Crippen molar-refractivity contribution in [2.24, 2.45) is 0 Å². The van der Waals surface area contributed by atoms with Crippen molar-refractivity contribution in [1.29, 1.82) is 0 Å². The van der Waals surface area contributed by atoms with Crippen molar-refractivity contribution in [3.8, 4) is 0 Å². The van der Waals surface area contributed by atoms with Gasteiger partial charge in [0.15, 0.2) is 0 Å². The zero-order valence-electron chi connectivity index (χ0n) is 8.28. The summed E-state index contributed by atoms with van der Waals surface area (Å²) in [5, 5.41) is 2.45. The van der Waals surface area contributed by atoms with E-state index in [1.807, 2.05) is 0 Å². The lowest BCUT2D eigenvalue weighted by atomic mass is 10.2. The molecule has 0 fully saturated rings. The van der Waals surface area contributed by atoms with Crippen LogP contribution in [0, 0.1) is 6.92 Å². The molecule has 1 aromatic heterocycles. The van der Waals surface area contributed by atoms with Gasteiger partial charge < -0.3 is 5.32 Å². The van der Waals surface area contributed by atoms with E-state index in [2.05, 4.69) is 21.2 Å². The quantitative estimate of drug-likeness (QED) is 0.889. The zero-order chi connectivity index (χ0) is 11.6. The Balaban J connectivity index is 3.04. The molecule has 0 aliphatic carbocycles. The van der Waals surface area contributed by atoms with Gasteiger partial charge in [-0.15, -0.1) is 11.3 Å². The van der Waals surface area contributed by atoms with Crippen molar-refractivity contribution in [3.05, 3.63) is 20.3 Å². The van der Waals surface area contributed by atoms with Crippen molar-refractivity contribution >= 4 is 27.3 Å². The largest absolute Gasteiger partial charge is 0.408 e. The van der Waals surface area contributed by atoms with Crippen LogP contribution in [0.25, 0.3) is 0 Å². The number of hydrogen-bond acceptors (Lipinski definition) is 2. The molecule has 1 unspecified atom stereocenters. The minimum absolute atomic E-state index is 0.285. The molecule has 0 aliphatic heterocycles. The van der Waals surface area contributed by atoms with E-state index in [1.165, 1.54) is 0 Å². The lowest BCUT2D eigenvalue weighted by molar-refractivity contribution is -0.156. The van der Waals surface area contributed by atoms with Gasteiger partial charge in [0.25, 0.3) is 0 Å². The number of thiophene rings is 1. The fourth-order valence-electron chi connectivity index (χ4n) is 1.26. The summed E-state index contributed by atoms with van der Waals surface area (Å²) in [4.78, 5) is 1.16. The van der Waals surface area contributed by atoms with Gasteiger partial charge in [0.2, 0.25) is 0 Å². The Bertz CT molecular complexity index is 335. The van der Waals surface area contributed by atoms with Crippen LogP contribution in [0.1, 0.15) is 22.7 Å². The van der Waals surface area contributed by atoms with Crippen LogP contribution in [0.5, 0.6) is 0 Å². The molecule has 0 spiro atoms. The minimum atomic E-state index is -4.25. The lowest BCUT2D eigenvalue weighted by Crippen LogP contribution is -2.33. The van der Waals surface area contributed by atoms with Gasteiger partial charge in [0, 0.05) is 14.2 Å². The van der Waals surface area contributed by atoms with Gasteiger partial charge in [-0.2, -0.15) is 13.2 Å². The van der Waals surface area contributed by atoms with Gasteiger partial charge in [-0.05, 0) is 35.5 Å². The number of aryl methyl sites for hydroxylation is 1. The normalized spacial score (nSPS) is 14.3. The first-order valence-corrected chi connectivity index (χ1v) is 6.03. The number of rotatable bonds is 3. The second-order valence-corrected chi connectivity index (χ2v) is 5.24. The summed E-state index contributed by atoms with van der Waals surface area (Å²) < 4.78 is 38.6. The molecule has 0 aromatic carbocycles. The molecule has 0 aliphatic rings. The van der Waals surface area contributed by atoms with Gasteiger partial charge in [0.05, 0.1) is 0 Å². The molecule has 0 saturated heterocycles. The third-order valence-electron chi connectivity index (χ3n) is 1.83. The molecular weight excluding hydrogens is 291 g/mol. The molecule has 6 heteroatoms. The Kier molecular flexibility index (Phi) is 4.20. The summed E-state index contributed by atoms with van der Waals surface area (Å²) >= 11 is 4.31. The summed E-state index contributed by atoms with van der Waals surface area (Å²) in [6, 6.07) is 0.131. The Morgan fingerprint density at radius 1 is 1.53 bits per heavy atom. The molecule has 0 bridgehead atoms. The molecule has 15 heavy (non-hydrogen) atoms. The average molecular weight is 302 g/mol. The summed E-state index contributed by atoms with van der Waals surface area (Å²) in [6.45, 7) is 3.74. The smallest absolute Gasteiger partial charge is 0.302 e. The van der Waals surface area contributed by atoms with Crippen LogP contribution < -0.4 is 5.32 Å². The molecule has 0 amide bonds. The maximum absolute atomic E-state index is 12.7. The number of nitrogens with one attached hydrogen (secondary N) is 1. The highest BCUT2D eigenvalue weighted by atomic mass is 79.9. The van der Waals surface area contributed by atoms with E-state index in [0.717, 1.165) is 16.2 Å². The molecule has 86 valence electrons. The van der Waals surface area contributed by atoms with E-state index in [9.17, 15) is 13.2 Å². The number of alkyl halides is 3. The van der Waals surface area contributed by atoms with Crippen LogP contribution in [-0.4, -0.2) is 12.7 Å². The maximum atomic E-state index is 12.7. The fraction of sp³-hybridized carbons (Fsp3) is 0.556. The first kappa shape index (κ1) is 13.0. The first-order valence-electron chi connectivity index (χ1n) is 4.42. The van der Waals surface area contributed by atoms with E-state index in [0.29, 0.717) is 9.35 Å². The van der Waals surface area contributed by atoms with E-state index in [4.69, 9.17) is 0 Å². The zero-order valence-corrected chi connectivity index (χ0v) is 10.7. The molecule has 1 atom stereocenters.